The monoisotopic (exact) mass is 1360 g/mol. The van der Waals surface area contributed by atoms with Gasteiger partial charge in [0.05, 0.1) is 19.8 Å². The van der Waals surface area contributed by atoms with Gasteiger partial charge in [0.15, 0.2) is 9.54 Å². The Morgan fingerprint density at radius 1 is 0.522 bits per heavy atom. The van der Waals surface area contributed by atoms with Crippen molar-refractivity contribution in [3.05, 3.63) is 88.7 Å². The first-order valence-electron chi connectivity index (χ1n) is 31.5. The summed E-state index contributed by atoms with van der Waals surface area (Å²) in [5.74, 6) is -4.32. The van der Waals surface area contributed by atoms with Gasteiger partial charge in [-0.25, -0.2) is 9.59 Å². The van der Waals surface area contributed by atoms with Crippen LogP contribution in [-0.2, 0) is 85.1 Å². The van der Waals surface area contributed by atoms with E-state index in [1.165, 1.54) is 128 Å². The van der Waals surface area contributed by atoms with Gasteiger partial charge in [0.2, 0.25) is 0 Å². The first-order valence-corrected chi connectivity index (χ1v) is 32.4. The quantitative estimate of drug-likeness (QED) is 0.00449. The zero-order valence-electron chi connectivity index (χ0n) is 52.2. The third-order valence-corrected chi connectivity index (χ3v) is 15.1. The van der Waals surface area contributed by atoms with Gasteiger partial charge in [-0.1, -0.05) is 185 Å². The van der Waals surface area contributed by atoms with Crippen LogP contribution in [0.4, 0.5) is 44.3 Å². The summed E-state index contributed by atoms with van der Waals surface area (Å²) in [4.78, 5) is 95.2. The van der Waals surface area contributed by atoms with Crippen LogP contribution in [0.15, 0.2) is 39.9 Å². The molecule has 4 heterocycles. The molecular weight excluding hydrogens is 1270 g/mol. The maximum Gasteiger partial charge on any atom is 0.527 e. The normalized spacial score (nSPS) is 13.8. The van der Waals surface area contributed by atoms with E-state index in [-0.39, 0.29) is 37.4 Å². The standard InChI is InChI=1S/C31H47N3O5S.C23H41N3O3S.C6BF9O6/c1-2-3-4-5-6-7-8-9-10-11-12-16-20-26-27(33-30(40)34-29(26)36)21-17-22-38-28(35)23-32-31(37)39-24-25-18-14-13-15-19-25;1-2-3-4-5-6-7-8-9-10-11-12-13-15-19-20(25-23(30)26-22(19)28)16-14-17-29-21(27)18-24;8-2(9,10)1(17)18-7(3(19-20-3)5(11,12)13)4(21-22-4)6(14,15)16/h13-15,18-19H,2-12,16-17,20-24H2,1H3,(H,32,37)(H2,33,34,36,40);2-18,24H2,1H3,(H2,25,26,28,30);. The van der Waals surface area contributed by atoms with Crippen LogP contribution >= 0.6 is 24.4 Å². The summed E-state index contributed by atoms with van der Waals surface area (Å²) in [5, 5.41) is 2.39. The van der Waals surface area contributed by atoms with E-state index in [9.17, 15) is 68.3 Å². The number of ether oxygens (including phenoxy) is 3. The summed E-state index contributed by atoms with van der Waals surface area (Å²) < 4.78 is 131. The van der Waals surface area contributed by atoms with E-state index in [4.69, 9.17) is 44.4 Å². The lowest BCUT2D eigenvalue weighted by Crippen LogP contribution is -2.63. The highest BCUT2D eigenvalue weighted by atomic mass is 32.1. The van der Waals surface area contributed by atoms with Crippen LogP contribution < -0.4 is 22.2 Å². The number of rotatable bonds is 42. The fourth-order valence-electron chi connectivity index (χ4n) is 9.59. The van der Waals surface area contributed by atoms with Crippen molar-refractivity contribution in [1.29, 1.82) is 0 Å². The van der Waals surface area contributed by atoms with E-state index in [0.29, 0.717) is 48.3 Å². The molecule has 2 aromatic heterocycles. The average molecular weight is 1360 g/mol. The smallest absolute Gasteiger partial charge is 0.518 e. The molecule has 2 saturated heterocycles. The fraction of sp³-hybridized carbons (Fsp3) is 0.700. The number of hydrogen-bond acceptors (Lipinski definition) is 17. The van der Waals surface area contributed by atoms with Gasteiger partial charge in [-0.05, 0) is 81.4 Å². The second-order valence-electron chi connectivity index (χ2n) is 22.2. The van der Waals surface area contributed by atoms with E-state index < -0.39 is 60.8 Å². The number of unbranched alkanes of at least 4 members (excludes halogenated alkanes) is 22. The first-order chi connectivity index (χ1) is 43.7. The molecule has 1 aromatic carbocycles. The molecule has 0 unspecified atom stereocenters. The Bertz CT molecular complexity index is 2860. The zero-order chi connectivity index (χ0) is 68.1. The summed E-state index contributed by atoms with van der Waals surface area (Å²) in [6.45, 7) is 0.914. The van der Waals surface area contributed by atoms with Gasteiger partial charge < -0.3 is 39.9 Å². The van der Waals surface area contributed by atoms with Crippen molar-refractivity contribution in [2.75, 3.05) is 26.3 Å². The number of halogens is 9. The third kappa shape index (κ3) is 30.6. The van der Waals surface area contributed by atoms with Gasteiger partial charge in [-0.15, -0.1) is 0 Å². The molecule has 7 N–H and O–H groups in total. The Hall–Kier alpha value is -5.67. The maximum atomic E-state index is 12.6. The van der Waals surface area contributed by atoms with Gasteiger partial charge in [-0.2, -0.15) is 59.1 Å². The molecule has 520 valence electrons. The molecule has 92 heavy (non-hydrogen) atoms. The molecule has 0 aliphatic carbocycles. The zero-order valence-corrected chi connectivity index (χ0v) is 53.9. The number of hydrogen-bond donors (Lipinski definition) is 6. The lowest BCUT2D eigenvalue weighted by atomic mass is 9.52. The number of aromatic amines is 4. The van der Waals surface area contributed by atoms with Crippen molar-refractivity contribution in [1.82, 2.24) is 25.3 Å². The largest absolute Gasteiger partial charge is 0.527 e. The van der Waals surface area contributed by atoms with Crippen LogP contribution in [-0.4, -0.2) is 107 Å². The van der Waals surface area contributed by atoms with E-state index >= 15 is 0 Å². The Morgan fingerprint density at radius 3 is 1.24 bits per heavy atom. The molecule has 2 fully saturated rings. The molecule has 2 aliphatic heterocycles. The highest BCUT2D eigenvalue weighted by Gasteiger charge is 2.94. The summed E-state index contributed by atoms with van der Waals surface area (Å²) in [7, 11) is 0. The van der Waals surface area contributed by atoms with Crippen LogP contribution in [0, 0.1) is 9.54 Å². The second kappa shape index (κ2) is 42.6. The molecule has 0 radical (unpaired) electrons. The molecule has 32 heteroatoms. The molecule has 20 nitrogen and oxygen atoms in total. The first kappa shape index (κ1) is 80.6. The predicted molar refractivity (Wildman–Crippen MR) is 326 cm³/mol. The minimum Gasteiger partial charge on any atom is -0.518 e. The number of alkyl carbamates (subject to hydrolysis) is 1. The molecule has 0 atom stereocenters. The van der Waals surface area contributed by atoms with E-state index in [1.807, 2.05) is 30.3 Å². The number of carbonyl (C=O) groups excluding carboxylic acids is 4. The van der Waals surface area contributed by atoms with Gasteiger partial charge in [0.25, 0.3) is 11.1 Å². The molecule has 0 saturated carbocycles. The van der Waals surface area contributed by atoms with E-state index in [0.717, 1.165) is 60.2 Å². The highest BCUT2D eigenvalue weighted by molar-refractivity contribution is 7.71. The molecule has 3 aromatic rings. The van der Waals surface area contributed by atoms with Crippen molar-refractivity contribution in [3.8, 4) is 0 Å². The van der Waals surface area contributed by atoms with E-state index in [1.54, 1.807) is 0 Å². The van der Waals surface area contributed by atoms with Gasteiger partial charge in [0, 0.05) is 22.5 Å². The number of alkyl halides is 9. The lowest BCUT2D eigenvalue weighted by molar-refractivity contribution is -0.203. The topological polar surface area (TPSA) is 291 Å². The number of carbonyl (C=O) groups is 4. The van der Waals surface area contributed by atoms with Crippen LogP contribution in [0.3, 0.4) is 0 Å². The number of aryl methyl sites for hydroxylation is 2. The summed E-state index contributed by atoms with van der Waals surface area (Å²) >= 11 is 10.3. The third-order valence-electron chi connectivity index (χ3n) is 14.7. The maximum absolute atomic E-state index is 12.6. The predicted octanol–water partition coefficient (Wildman–Crippen LogP) is 13.8. The Balaban J connectivity index is 0.000000376. The number of H-pyrrole nitrogens is 4. The minimum atomic E-state index is -5.89. The summed E-state index contributed by atoms with van der Waals surface area (Å²) in [6, 6.07) is 9.28. The van der Waals surface area contributed by atoms with E-state index in [2.05, 4.69) is 63.3 Å². The number of nitrogens with one attached hydrogen (secondary N) is 5. The lowest BCUT2D eigenvalue weighted by Gasteiger charge is -2.23. The number of esters is 2. The minimum absolute atomic E-state index is 0.101. The Morgan fingerprint density at radius 2 is 0.891 bits per heavy atom. The Labute approximate surface area is 539 Å². The number of amides is 1. The number of nitrogens with two attached hydrogens (primary N) is 1. The second-order valence-corrected chi connectivity index (χ2v) is 23.0. The van der Waals surface area contributed by atoms with Crippen LogP contribution in [0.5, 0.6) is 0 Å². The number of aromatic nitrogens is 4. The molecular formula is C60H88BF9N6O14S2. The average Bonchev–Trinajstić information content (AvgIpc) is 1.53. The summed E-state index contributed by atoms with van der Waals surface area (Å²) in [6.07, 6.45) is 16.4. The van der Waals surface area contributed by atoms with Crippen molar-refractivity contribution in [2.24, 2.45) is 5.73 Å². The van der Waals surface area contributed by atoms with Gasteiger partial charge in [-0.3, -0.25) is 29.1 Å². The summed E-state index contributed by atoms with van der Waals surface area (Å²) in [5.41, 5.74) is 0.398. The van der Waals surface area contributed by atoms with Crippen molar-refractivity contribution in [2.45, 2.75) is 243 Å². The SMILES string of the molecule is CCCCCCCCCCCCCCc1c(CCCOC(=O)CN)[nH]c(=S)[nH]c1=O.CCCCCCCCCCCCCCc1c(CCCOC(=O)CNC(=O)OCc2ccccc2)[nH]c(=S)[nH]c1=O.O=C(OB(C1(C(F)(F)F)OO1)C1(C(F)(F)F)OO1)C(F)(F)F. The molecule has 0 bridgehead atoms. The van der Waals surface area contributed by atoms with Crippen molar-refractivity contribution in [3.63, 3.8) is 0 Å². The van der Waals surface area contributed by atoms with Gasteiger partial charge >= 0.3 is 60.8 Å². The highest BCUT2D eigenvalue weighted by Crippen LogP contribution is 2.58. The molecule has 1 amide bonds. The fourth-order valence-corrected chi connectivity index (χ4v) is 10.0. The molecule has 0 spiro atoms. The molecule has 5 rings (SSSR count). The van der Waals surface area contributed by atoms with Crippen molar-refractivity contribution >= 4 is 55.4 Å². The van der Waals surface area contributed by atoms with Crippen LogP contribution in [0.25, 0.3) is 0 Å². The van der Waals surface area contributed by atoms with Gasteiger partial charge in [0.1, 0.15) is 13.2 Å². The Kier molecular flexibility index (Phi) is 37.3. The molecule has 2 aliphatic rings. The van der Waals surface area contributed by atoms with Crippen molar-refractivity contribution < 1.29 is 97.1 Å². The number of benzene rings is 1. The van der Waals surface area contributed by atoms with Crippen LogP contribution in [0.1, 0.15) is 209 Å². The van der Waals surface area contributed by atoms with Crippen LogP contribution in [0.2, 0.25) is 0 Å².